The third-order valence-electron chi connectivity index (χ3n) is 4.53. The van der Waals surface area contributed by atoms with E-state index in [1.54, 1.807) is 29.2 Å². The number of carbonyl (C=O) groups excluding carboxylic acids is 3. The first-order valence-corrected chi connectivity index (χ1v) is 8.94. The van der Waals surface area contributed by atoms with Crippen molar-refractivity contribution in [2.45, 2.75) is 13.3 Å². The molecule has 28 heavy (non-hydrogen) atoms. The van der Waals surface area contributed by atoms with Gasteiger partial charge in [0.2, 0.25) is 5.91 Å². The van der Waals surface area contributed by atoms with E-state index in [0.717, 1.165) is 11.3 Å². The monoisotopic (exact) mass is 382 g/mol. The highest BCUT2D eigenvalue weighted by Gasteiger charge is 2.36. The van der Waals surface area contributed by atoms with Gasteiger partial charge in [-0.05, 0) is 31.2 Å². The van der Waals surface area contributed by atoms with E-state index in [9.17, 15) is 14.4 Å². The van der Waals surface area contributed by atoms with E-state index in [0.29, 0.717) is 11.4 Å². The van der Waals surface area contributed by atoms with Gasteiger partial charge in [0.1, 0.15) is 5.75 Å². The van der Waals surface area contributed by atoms with E-state index in [1.807, 2.05) is 31.2 Å². The number of hydrogen-bond acceptors (Lipinski definition) is 5. The van der Waals surface area contributed by atoms with Gasteiger partial charge in [-0.15, -0.1) is 0 Å². The molecule has 0 aromatic heterocycles. The minimum Gasteiger partial charge on any atom is -0.495 e. The largest absolute Gasteiger partial charge is 0.495 e. The van der Waals surface area contributed by atoms with E-state index in [2.05, 4.69) is 5.32 Å². The topological polar surface area (TPSA) is 84.9 Å². The number of benzene rings is 2. The van der Waals surface area contributed by atoms with Crippen LogP contribution in [0.3, 0.4) is 0 Å². The lowest BCUT2D eigenvalue weighted by Gasteiger charge is -2.16. The molecule has 2 amide bonds. The molecule has 0 aliphatic carbocycles. The summed E-state index contributed by atoms with van der Waals surface area (Å²) in [7, 11) is 1.50. The van der Waals surface area contributed by atoms with Gasteiger partial charge in [-0.2, -0.15) is 0 Å². The van der Waals surface area contributed by atoms with E-state index in [1.165, 1.54) is 7.11 Å². The number of ether oxygens (including phenoxy) is 2. The highest BCUT2D eigenvalue weighted by molar-refractivity contribution is 6.00. The molecule has 0 bridgehead atoms. The maximum Gasteiger partial charge on any atom is 0.311 e. The number of hydrogen-bond donors (Lipinski definition) is 1. The quantitative estimate of drug-likeness (QED) is 0.776. The summed E-state index contributed by atoms with van der Waals surface area (Å²) >= 11 is 0. The van der Waals surface area contributed by atoms with Crippen molar-refractivity contribution in [3.8, 4) is 5.75 Å². The average Bonchev–Trinajstić information content (AvgIpc) is 3.09. The van der Waals surface area contributed by atoms with Crippen LogP contribution in [-0.2, 0) is 19.1 Å². The molecule has 0 saturated carbocycles. The first-order valence-electron chi connectivity index (χ1n) is 8.94. The second-order valence-corrected chi connectivity index (χ2v) is 6.60. The van der Waals surface area contributed by atoms with Gasteiger partial charge in [-0.3, -0.25) is 14.4 Å². The summed E-state index contributed by atoms with van der Waals surface area (Å²) in [6, 6.07) is 14.5. The number of anilines is 2. The predicted molar refractivity (Wildman–Crippen MR) is 104 cm³/mol. The zero-order chi connectivity index (χ0) is 20.1. The molecule has 0 unspecified atom stereocenters. The van der Waals surface area contributed by atoms with Crippen molar-refractivity contribution >= 4 is 29.2 Å². The normalized spacial score (nSPS) is 16.0. The molecular weight excluding hydrogens is 360 g/mol. The van der Waals surface area contributed by atoms with Crippen LogP contribution in [0.25, 0.3) is 0 Å². The minimum atomic E-state index is -0.590. The molecule has 1 N–H and O–H groups in total. The smallest absolute Gasteiger partial charge is 0.311 e. The Labute approximate surface area is 163 Å². The lowest BCUT2D eigenvalue weighted by atomic mass is 10.1. The van der Waals surface area contributed by atoms with Crippen molar-refractivity contribution in [3.05, 3.63) is 54.1 Å². The van der Waals surface area contributed by atoms with Crippen molar-refractivity contribution in [1.82, 2.24) is 0 Å². The number of nitrogens with one attached hydrogen (secondary N) is 1. The molecule has 0 spiro atoms. The number of para-hydroxylation sites is 2. The summed E-state index contributed by atoms with van der Waals surface area (Å²) in [5, 5.41) is 2.64. The third-order valence-corrected chi connectivity index (χ3v) is 4.53. The van der Waals surface area contributed by atoms with Crippen molar-refractivity contribution in [2.75, 3.05) is 30.5 Å². The summed E-state index contributed by atoms with van der Waals surface area (Å²) in [6.07, 6.45) is 0.0703. The van der Waals surface area contributed by atoms with Crippen molar-refractivity contribution in [3.63, 3.8) is 0 Å². The highest BCUT2D eigenvalue weighted by atomic mass is 16.5. The first-order chi connectivity index (χ1) is 13.5. The van der Waals surface area contributed by atoms with Crippen molar-refractivity contribution < 1.29 is 23.9 Å². The minimum absolute atomic E-state index is 0.0703. The van der Waals surface area contributed by atoms with Gasteiger partial charge in [-0.1, -0.05) is 29.8 Å². The van der Waals surface area contributed by atoms with E-state index in [4.69, 9.17) is 9.47 Å². The van der Waals surface area contributed by atoms with Crippen LogP contribution < -0.4 is 15.0 Å². The maximum absolute atomic E-state index is 12.3. The van der Waals surface area contributed by atoms with Crippen molar-refractivity contribution in [1.29, 1.82) is 0 Å². The lowest BCUT2D eigenvalue weighted by Crippen LogP contribution is -2.28. The van der Waals surface area contributed by atoms with Gasteiger partial charge in [0.25, 0.3) is 5.91 Å². The Kier molecular flexibility index (Phi) is 5.93. The van der Waals surface area contributed by atoms with Crippen LogP contribution in [-0.4, -0.2) is 38.0 Å². The van der Waals surface area contributed by atoms with Crippen LogP contribution in [0.2, 0.25) is 0 Å². The number of amides is 2. The van der Waals surface area contributed by atoms with Crippen molar-refractivity contribution in [2.24, 2.45) is 5.92 Å². The maximum atomic E-state index is 12.3. The second-order valence-electron chi connectivity index (χ2n) is 6.60. The fourth-order valence-electron chi connectivity index (χ4n) is 3.03. The Morgan fingerprint density at radius 2 is 1.86 bits per heavy atom. The Balaban J connectivity index is 1.53. The molecule has 2 aromatic rings. The molecule has 2 aromatic carbocycles. The van der Waals surface area contributed by atoms with Crippen LogP contribution in [0, 0.1) is 12.8 Å². The van der Waals surface area contributed by atoms with E-state index in [-0.39, 0.29) is 18.9 Å². The lowest BCUT2D eigenvalue weighted by molar-refractivity contribution is -0.151. The van der Waals surface area contributed by atoms with Gasteiger partial charge in [0.15, 0.2) is 6.61 Å². The Hall–Kier alpha value is -3.35. The van der Waals surface area contributed by atoms with Gasteiger partial charge < -0.3 is 19.7 Å². The standard InChI is InChI=1S/C21H22N2O5/c1-14-7-9-16(10-8-14)23-12-15(11-20(23)25)21(26)28-13-19(24)22-17-5-3-4-6-18(17)27-2/h3-10,15H,11-13H2,1-2H3,(H,22,24)/t15-/m1/s1. The summed E-state index contributed by atoms with van der Waals surface area (Å²) in [5.41, 5.74) is 2.33. The van der Waals surface area contributed by atoms with Crippen LogP contribution in [0.15, 0.2) is 48.5 Å². The molecular formula is C21H22N2O5. The van der Waals surface area contributed by atoms with Gasteiger partial charge in [0, 0.05) is 18.7 Å². The average molecular weight is 382 g/mol. The molecule has 1 fully saturated rings. The first kappa shape index (κ1) is 19.4. The van der Waals surface area contributed by atoms with Gasteiger partial charge >= 0.3 is 5.97 Å². The SMILES string of the molecule is COc1ccccc1NC(=O)COC(=O)[C@@H]1CC(=O)N(c2ccc(C)cc2)C1. The van der Waals surface area contributed by atoms with Crippen LogP contribution in [0.1, 0.15) is 12.0 Å². The molecule has 7 heteroatoms. The summed E-state index contributed by atoms with van der Waals surface area (Å²) in [4.78, 5) is 38.2. The Morgan fingerprint density at radius 1 is 1.14 bits per heavy atom. The summed E-state index contributed by atoms with van der Waals surface area (Å²) in [5.74, 6) is -1.25. The highest BCUT2D eigenvalue weighted by Crippen LogP contribution is 2.26. The molecule has 1 heterocycles. The Bertz CT molecular complexity index is 879. The molecule has 1 aliphatic rings. The molecule has 7 nitrogen and oxygen atoms in total. The molecule has 0 radical (unpaired) electrons. The molecule has 146 valence electrons. The number of nitrogens with zero attached hydrogens (tertiary/aromatic N) is 1. The zero-order valence-electron chi connectivity index (χ0n) is 15.8. The number of esters is 1. The summed E-state index contributed by atoms with van der Waals surface area (Å²) in [6.45, 7) is 1.78. The molecule has 3 rings (SSSR count). The second kappa shape index (κ2) is 8.56. The third kappa shape index (κ3) is 4.49. The van der Waals surface area contributed by atoms with Crippen LogP contribution in [0.5, 0.6) is 5.75 Å². The molecule has 1 atom stereocenters. The zero-order valence-corrected chi connectivity index (χ0v) is 15.8. The summed E-state index contributed by atoms with van der Waals surface area (Å²) < 4.78 is 10.3. The van der Waals surface area contributed by atoms with Gasteiger partial charge in [0.05, 0.1) is 18.7 Å². The van der Waals surface area contributed by atoms with Gasteiger partial charge in [-0.25, -0.2) is 0 Å². The molecule has 1 saturated heterocycles. The molecule has 1 aliphatic heterocycles. The number of carbonyl (C=O) groups is 3. The fraction of sp³-hybridized carbons (Fsp3) is 0.286. The predicted octanol–water partition coefficient (Wildman–Crippen LogP) is 2.54. The van der Waals surface area contributed by atoms with E-state index >= 15 is 0 Å². The van der Waals surface area contributed by atoms with E-state index < -0.39 is 24.4 Å². The number of rotatable bonds is 6. The fourth-order valence-corrected chi connectivity index (χ4v) is 3.03. The van der Waals surface area contributed by atoms with Crippen LogP contribution in [0.4, 0.5) is 11.4 Å². The number of methoxy groups -OCH3 is 1. The van der Waals surface area contributed by atoms with Crippen LogP contribution >= 0.6 is 0 Å². The Morgan fingerprint density at radius 3 is 2.57 bits per heavy atom. The number of aryl methyl sites for hydroxylation is 1.